The van der Waals surface area contributed by atoms with Gasteiger partial charge in [0.05, 0.1) is 6.10 Å². The number of aliphatic hydroxyl groups is 1. The number of rotatable bonds is 6. The minimum Gasteiger partial charge on any atom is -0.387 e. The molecule has 2 atom stereocenters. The number of likely N-dealkylation sites (N-methyl/N-ethyl adjacent to an activating group) is 1. The Hall–Kier alpha value is -0.860. The Morgan fingerprint density at radius 2 is 1.63 bits per heavy atom. The Morgan fingerprint density at radius 3 is 2.11 bits per heavy atom. The van der Waals surface area contributed by atoms with Crippen LogP contribution in [0.5, 0.6) is 0 Å². The van der Waals surface area contributed by atoms with Gasteiger partial charge in [0.1, 0.15) is 0 Å². The molecule has 1 fully saturated rings. The first kappa shape index (κ1) is 14.5. The largest absolute Gasteiger partial charge is 0.387 e. The summed E-state index contributed by atoms with van der Waals surface area (Å²) in [5.41, 5.74) is 2.36. The van der Waals surface area contributed by atoms with Gasteiger partial charge in [-0.3, -0.25) is 0 Å². The SMILES string of the molecule is CC(C)c1ccc(C(O)CN(C)C(C)C2CC2)cc1. The zero-order valence-corrected chi connectivity index (χ0v) is 12.6. The van der Waals surface area contributed by atoms with Crippen molar-refractivity contribution in [2.24, 2.45) is 5.92 Å². The Labute approximate surface area is 117 Å². The van der Waals surface area contributed by atoms with Gasteiger partial charge in [-0.2, -0.15) is 0 Å². The van der Waals surface area contributed by atoms with Gasteiger partial charge < -0.3 is 10.0 Å². The fourth-order valence-corrected chi connectivity index (χ4v) is 2.59. The zero-order valence-electron chi connectivity index (χ0n) is 12.6. The molecule has 0 saturated heterocycles. The van der Waals surface area contributed by atoms with Gasteiger partial charge in [0, 0.05) is 12.6 Å². The number of aliphatic hydroxyl groups excluding tert-OH is 1. The van der Waals surface area contributed by atoms with Crippen molar-refractivity contribution in [3.8, 4) is 0 Å². The van der Waals surface area contributed by atoms with Crippen LogP contribution in [0.1, 0.15) is 56.8 Å². The molecule has 2 rings (SSSR count). The van der Waals surface area contributed by atoms with Crippen molar-refractivity contribution in [3.63, 3.8) is 0 Å². The van der Waals surface area contributed by atoms with Gasteiger partial charge in [0.25, 0.3) is 0 Å². The maximum absolute atomic E-state index is 10.3. The normalized spacial score (nSPS) is 18.9. The molecule has 0 amide bonds. The van der Waals surface area contributed by atoms with Crippen molar-refractivity contribution >= 4 is 0 Å². The average Bonchev–Trinajstić information content (AvgIpc) is 3.22. The smallest absolute Gasteiger partial charge is 0.0916 e. The number of hydrogen-bond acceptors (Lipinski definition) is 2. The lowest BCUT2D eigenvalue weighted by Gasteiger charge is -2.27. The molecule has 106 valence electrons. The van der Waals surface area contributed by atoms with E-state index in [2.05, 4.69) is 57.0 Å². The summed E-state index contributed by atoms with van der Waals surface area (Å²) in [6, 6.07) is 8.98. The number of benzene rings is 1. The van der Waals surface area contributed by atoms with E-state index < -0.39 is 0 Å². The highest BCUT2D eigenvalue weighted by molar-refractivity contribution is 5.26. The Kier molecular flexibility index (Phi) is 4.64. The lowest BCUT2D eigenvalue weighted by molar-refractivity contribution is 0.103. The fourth-order valence-electron chi connectivity index (χ4n) is 2.59. The van der Waals surface area contributed by atoms with E-state index in [0.29, 0.717) is 12.0 Å². The summed E-state index contributed by atoms with van der Waals surface area (Å²) in [6.45, 7) is 7.37. The van der Waals surface area contributed by atoms with E-state index in [1.165, 1.54) is 18.4 Å². The first-order valence-electron chi connectivity index (χ1n) is 7.47. The Morgan fingerprint density at radius 1 is 1.11 bits per heavy atom. The van der Waals surface area contributed by atoms with E-state index in [0.717, 1.165) is 18.0 Å². The second-order valence-electron chi connectivity index (χ2n) is 6.35. The Balaban J connectivity index is 1.93. The monoisotopic (exact) mass is 261 g/mol. The topological polar surface area (TPSA) is 23.5 Å². The maximum Gasteiger partial charge on any atom is 0.0916 e. The summed E-state index contributed by atoms with van der Waals surface area (Å²) < 4.78 is 0. The summed E-state index contributed by atoms with van der Waals surface area (Å²) in [4.78, 5) is 2.29. The van der Waals surface area contributed by atoms with E-state index in [9.17, 15) is 5.11 Å². The van der Waals surface area contributed by atoms with Crippen molar-refractivity contribution < 1.29 is 5.11 Å². The zero-order chi connectivity index (χ0) is 14.0. The molecule has 2 heteroatoms. The van der Waals surface area contributed by atoms with E-state index in [1.807, 2.05) is 0 Å². The van der Waals surface area contributed by atoms with E-state index in [-0.39, 0.29) is 6.10 Å². The fraction of sp³-hybridized carbons (Fsp3) is 0.647. The molecule has 0 aromatic heterocycles. The van der Waals surface area contributed by atoms with Gasteiger partial charge in [-0.05, 0) is 49.8 Å². The maximum atomic E-state index is 10.3. The molecule has 0 heterocycles. The van der Waals surface area contributed by atoms with Crippen LogP contribution in [0, 0.1) is 5.92 Å². The van der Waals surface area contributed by atoms with Crippen molar-refractivity contribution in [2.45, 2.75) is 51.7 Å². The molecule has 0 radical (unpaired) electrons. The summed E-state index contributed by atoms with van der Waals surface area (Å²) in [5.74, 6) is 1.39. The third-order valence-corrected chi connectivity index (χ3v) is 4.45. The van der Waals surface area contributed by atoms with Crippen LogP contribution in [0.25, 0.3) is 0 Å². The molecule has 0 spiro atoms. The van der Waals surface area contributed by atoms with Crippen LogP contribution < -0.4 is 0 Å². The van der Waals surface area contributed by atoms with Crippen LogP contribution in [0.3, 0.4) is 0 Å². The lowest BCUT2D eigenvalue weighted by atomic mass is 9.99. The summed E-state index contributed by atoms with van der Waals surface area (Å²) in [7, 11) is 2.12. The first-order valence-corrected chi connectivity index (χ1v) is 7.47. The van der Waals surface area contributed by atoms with E-state index >= 15 is 0 Å². The molecule has 1 N–H and O–H groups in total. The highest BCUT2D eigenvalue weighted by atomic mass is 16.3. The van der Waals surface area contributed by atoms with Crippen LogP contribution in [0.2, 0.25) is 0 Å². The van der Waals surface area contributed by atoms with Crippen molar-refractivity contribution in [1.82, 2.24) is 4.90 Å². The molecule has 1 aliphatic carbocycles. The van der Waals surface area contributed by atoms with Crippen LogP contribution in [-0.2, 0) is 0 Å². The molecule has 1 saturated carbocycles. The quantitative estimate of drug-likeness (QED) is 0.846. The van der Waals surface area contributed by atoms with Crippen LogP contribution in [0.15, 0.2) is 24.3 Å². The lowest BCUT2D eigenvalue weighted by Crippen LogP contribution is -2.34. The summed E-state index contributed by atoms with van der Waals surface area (Å²) in [5, 5.41) is 10.3. The van der Waals surface area contributed by atoms with Crippen molar-refractivity contribution in [1.29, 1.82) is 0 Å². The van der Waals surface area contributed by atoms with Crippen LogP contribution >= 0.6 is 0 Å². The predicted molar refractivity (Wildman–Crippen MR) is 80.3 cm³/mol. The summed E-state index contributed by atoms with van der Waals surface area (Å²) in [6.07, 6.45) is 2.32. The molecular formula is C17H27NO. The summed E-state index contributed by atoms with van der Waals surface area (Å²) >= 11 is 0. The highest BCUT2D eigenvalue weighted by Gasteiger charge is 2.31. The third kappa shape index (κ3) is 3.80. The molecular weight excluding hydrogens is 234 g/mol. The molecule has 1 aromatic carbocycles. The molecule has 1 aromatic rings. The molecule has 2 nitrogen and oxygen atoms in total. The second-order valence-corrected chi connectivity index (χ2v) is 6.35. The van der Waals surface area contributed by atoms with E-state index in [1.54, 1.807) is 0 Å². The van der Waals surface area contributed by atoms with Gasteiger partial charge in [0.2, 0.25) is 0 Å². The highest BCUT2D eigenvalue weighted by Crippen LogP contribution is 2.35. The third-order valence-electron chi connectivity index (χ3n) is 4.45. The van der Waals surface area contributed by atoms with Gasteiger partial charge in [-0.15, -0.1) is 0 Å². The molecule has 2 unspecified atom stereocenters. The predicted octanol–water partition coefficient (Wildman–Crippen LogP) is 3.57. The first-order chi connectivity index (χ1) is 8.99. The number of nitrogens with zero attached hydrogens (tertiary/aromatic N) is 1. The molecule has 0 aliphatic heterocycles. The Bertz CT molecular complexity index is 394. The van der Waals surface area contributed by atoms with Crippen LogP contribution in [0.4, 0.5) is 0 Å². The van der Waals surface area contributed by atoms with Crippen LogP contribution in [-0.4, -0.2) is 29.6 Å². The number of hydrogen-bond donors (Lipinski definition) is 1. The van der Waals surface area contributed by atoms with Gasteiger partial charge in [0.15, 0.2) is 0 Å². The average molecular weight is 261 g/mol. The van der Waals surface area contributed by atoms with Crippen molar-refractivity contribution in [2.75, 3.05) is 13.6 Å². The van der Waals surface area contributed by atoms with Gasteiger partial charge >= 0.3 is 0 Å². The minimum atomic E-state index is -0.382. The van der Waals surface area contributed by atoms with Crippen molar-refractivity contribution in [3.05, 3.63) is 35.4 Å². The molecule has 19 heavy (non-hydrogen) atoms. The van der Waals surface area contributed by atoms with Gasteiger partial charge in [-0.1, -0.05) is 38.1 Å². The minimum absolute atomic E-state index is 0.382. The molecule has 1 aliphatic rings. The van der Waals surface area contributed by atoms with E-state index in [4.69, 9.17) is 0 Å². The standard InChI is InChI=1S/C17H27NO/c1-12(2)14-5-9-16(10-6-14)17(19)11-18(4)13(3)15-7-8-15/h5-6,9-10,12-13,15,17,19H,7-8,11H2,1-4H3. The second kappa shape index (κ2) is 6.06. The van der Waals surface area contributed by atoms with Gasteiger partial charge in [-0.25, -0.2) is 0 Å². The molecule has 0 bridgehead atoms.